The van der Waals surface area contributed by atoms with Crippen LogP contribution in [0.4, 0.5) is 0 Å². The van der Waals surface area contributed by atoms with E-state index >= 15 is 0 Å². The predicted octanol–water partition coefficient (Wildman–Crippen LogP) is 5.27. The van der Waals surface area contributed by atoms with E-state index in [-0.39, 0.29) is 23.4 Å². The highest BCUT2D eigenvalue weighted by Crippen LogP contribution is 2.39. The van der Waals surface area contributed by atoms with Crippen molar-refractivity contribution in [2.24, 2.45) is 5.92 Å². The summed E-state index contributed by atoms with van der Waals surface area (Å²) in [5.41, 5.74) is 3.37. The third-order valence-electron chi connectivity index (χ3n) is 6.42. The Kier molecular flexibility index (Phi) is 7.55. The maximum Gasteiger partial charge on any atom is 0.243 e. The molecule has 1 aromatic heterocycles. The third-order valence-corrected chi connectivity index (χ3v) is 9.27. The third kappa shape index (κ3) is 5.11. The number of hydrogen-bond donors (Lipinski definition) is 0. The number of sulfonamides is 1. The van der Waals surface area contributed by atoms with Crippen molar-refractivity contribution >= 4 is 27.3 Å². The molecule has 0 saturated carbocycles. The normalized spacial score (nSPS) is 16.1. The van der Waals surface area contributed by atoms with Gasteiger partial charge in [0.05, 0.1) is 17.5 Å². The second kappa shape index (κ2) is 10.4. The van der Waals surface area contributed by atoms with Gasteiger partial charge in [-0.2, -0.15) is 4.31 Å². The highest BCUT2D eigenvalue weighted by Gasteiger charge is 2.36. The van der Waals surface area contributed by atoms with Gasteiger partial charge in [-0.25, -0.2) is 8.42 Å². The molecule has 2 heterocycles. The van der Waals surface area contributed by atoms with Crippen molar-refractivity contribution in [3.05, 3.63) is 87.6 Å². The Balaban J connectivity index is 1.67. The van der Waals surface area contributed by atoms with Gasteiger partial charge in [-0.1, -0.05) is 56.3 Å². The summed E-state index contributed by atoms with van der Waals surface area (Å²) in [6, 6.07) is 18.5. The fraction of sp³-hybridized carbons (Fsp3) is 0.370. The van der Waals surface area contributed by atoms with E-state index in [4.69, 9.17) is 0 Å². The van der Waals surface area contributed by atoms with E-state index in [0.717, 1.165) is 23.1 Å². The van der Waals surface area contributed by atoms with Gasteiger partial charge in [-0.05, 0) is 66.0 Å². The van der Waals surface area contributed by atoms with E-state index in [0.29, 0.717) is 25.4 Å². The first-order valence-electron chi connectivity index (χ1n) is 11.8. The molecule has 5 nitrogen and oxygen atoms in total. The SMILES string of the molecule is Cc1ccccc1C1c2ccsc2CCN1C(=O)CN(CCC(C)C)S(=O)(=O)c1ccccc1. The van der Waals surface area contributed by atoms with Crippen LogP contribution in [0.15, 0.2) is 70.9 Å². The zero-order chi connectivity index (χ0) is 24.3. The molecule has 4 rings (SSSR count). The number of nitrogens with zero attached hydrogens (tertiary/aromatic N) is 2. The summed E-state index contributed by atoms with van der Waals surface area (Å²) >= 11 is 1.73. The molecule has 1 unspecified atom stereocenters. The minimum absolute atomic E-state index is 0.159. The largest absolute Gasteiger partial charge is 0.330 e. The zero-order valence-corrected chi connectivity index (χ0v) is 21.6. The fourth-order valence-electron chi connectivity index (χ4n) is 4.48. The van der Waals surface area contributed by atoms with Gasteiger partial charge in [0.2, 0.25) is 15.9 Å². The lowest BCUT2D eigenvalue weighted by Gasteiger charge is -2.38. The van der Waals surface area contributed by atoms with Crippen LogP contribution >= 0.6 is 11.3 Å². The van der Waals surface area contributed by atoms with Crippen molar-refractivity contribution in [2.45, 2.75) is 44.6 Å². The molecule has 0 aliphatic carbocycles. The number of hydrogen-bond acceptors (Lipinski definition) is 4. The first-order chi connectivity index (χ1) is 16.3. The lowest BCUT2D eigenvalue weighted by Crippen LogP contribution is -2.47. The molecule has 0 fully saturated rings. The number of thiophene rings is 1. The van der Waals surface area contributed by atoms with E-state index in [1.54, 1.807) is 41.7 Å². The summed E-state index contributed by atoms with van der Waals surface area (Å²) in [4.78, 5) is 17.2. The molecule has 2 aromatic carbocycles. The van der Waals surface area contributed by atoms with Crippen LogP contribution in [0.1, 0.15) is 47.9 Å². The van der Waals surface area contributed by atoms with Gasteiger partial charge in [0.25, 0.3) is 0 Å². The summed E-state index contributed by atoms with van der Waals surface area (Å²) in [6.45, 7) is 6.92. The van der Waals surface area contributed by atoms with Crippen molar-refractivity contribution in [1.29, 1.82) is 0 Å². The molecule has 1 aliphatic rings. The highest BCUT2D eigenvalue weighted by molar-refractivity contribution is 7.89. The molecule has 34 heavy (non-hydrogen) atoms. The highest BCUT2D eigenvalue weighted by atomic mass is 32.2. The van der Waals surface area contributed by atoms with E-state index in [1.165, 1.54) is 9.18 Å². The second-order valence-corrected chi connectivity index (χ2v) is 12.2. The molecule has 0 radical (unpaired) electrons. The van der Waals surface area contributed by atoms with Crippen LogP contribution in [0.2, 0.25) is 0 Å². The van der Waals surface area contributed by atoms with Crippen molar-refractivity contribution in [1.82, 2.24) is 9.21 Å². The Bertz CT molecular complexity index is 1240. The van der Waals surface area contributed by atoms with Crippen molar-refractivity contribution in [2.75, 3.05) is 19.6 Å². The quantitative estimate of drug-likeness (QED) is 0.427. The van der Waals surface area contributed by atoms with E-state index in [1.807, 2.05) is 17.0 Å². The van der Waals surface area contributed by atoms with Gasteiger partial charge in [0.15, 0.2) is 0 Å². The van der Waals surface area contributed by atoms with Crippen LogP contribution in [-0.2, 0) is 21.2 Å². The molecule has 1 atom stereocenters. The summed E-state index contributed by atoms with van der Waals surface area (Å²) in [6.07, 6.45) is 1.48. The summed E-state index contributed by atoms with van der Waals surface area (Å²) in [5, 5.41) is 2.08. The molecular weight excluding hydrogens is 464 g/mol. The number of amides is 1. The molecular formula is C27H32N2O3S2. The Morgan fingerprint density at radius 3 is 2.47 bits per heavy atom. The lowest BCUT2D eigenvalue weighted by molar-refractivity contribution is -0.133. The smallest absolute Gasteiger partial charge is 0.243 e. The number of benzene rings is 2. The first-order valence-corrected chi connectivity index (χ1v) is 14.1. The molecule has 0 bridgehead atoms. The number of fused-ring (bicyclic) bond motifs is 1. The van der Waals surface area contributed by atoms with Crippen molar-refractivity contribution in [3.8, 4) is 0 Å². The van der Waals surface area contributed by atoms with Crippen LogP contribution in [-0.4, -0.2) is 43.2 Å². The van der Waals surface area contributed by atoms with Gasteiger partial charge in [-0.3, -0.25) is 4.79 Å². The molecule has 0 saturated heterocycles. The van der Waals surface area contributed by atoms with Crippen LogP contribution < -0.4 is 0 Å². The van der Waals surface area contributed by atoms with Gasteiger partial charge in [0, 0.05) is 18.0 Å². The minimum atomic E-state index is -3.78. The van der Waals surface area contributed by atoms with Crippen LogP contribution in [0.3, 0.4) is 0 Å². The molecule has 1 aliphatic heterocycles. The van der Waals surface area contributed by atoms with Gasteiger partial charge >= 0.3 is 0 Å². The van der Waals surface area contributed by atoms with Gasteiger partial charge < -0.3 is 4.90 Å². The second-order valence-electron chi connectivity index (χ2n) is 9.23. The Labute approximate surface area is 207 Å². The number of aryl methyl sites for hydroxylation is 1. The Morgan fingerprint density at radius 1 is 1.06 bits per heavy atom. The first kappa shape index (κ1) is 24.6. The molecule has 7 heteroatoms. The summed E-state index contributed by atoms with van der Waals surface area (Å²) < 4.78 is 28.3. The summed E-state index contributed by atoms with van der Waals surface area (Å²) in [7, 11) is -3.78. The summed E-state index contributed by atoms with van der Waals surface area (Å²) in [5.74, 6) is 0.167. The monoisotopic (exact) mass is 496 g/mol. The van der Waals surface area contributed by atoms with Gasteiger partial charge in [0.1, 0.15) is 0 Å². The van der Waals surface area contributed by atoms with Crippen LogP contribution in [0.5, 0.6) is 0 Å². The van der Waals surface area contributed by atoms with E-state index in [9.17, 15) is 13.2 Å². The Hall–Kier alpha value is -2.48. The predicted molar refractivity (Wildman–Crippen MR) is 137 cm³/mol. The number of rotatable bonds is 8. The number of carbonyl (C=O) groups is 1. The topological polar surface area (TPSA) is 57.7 Å². The maximum atomic E-state index is 13.8. The van der Waals surface area contributed by atoms with Crippen LogP contribution in [0.25, 0.3) is 0 Å². The van der Waals surface area contributed by atoms with Crippen molar-refractivity contribution < 1.29 is 13.2 Å². The lowest BCUT2D eigenvalue weighted by atomic mass is 9.90. The number of carbonyl (C=O) groups excluding carboxylic acids is 1. The molecule has 0 spiro atoms. The average molecular weight is 497 g/mol. The molecule has 3 aromatic rings. The maximum absolute atomic E-state index is 13.8. The minimum Gasteiger partial charge on any atom is -0.330 e. The molecule has 180 valence electrons. The van der Waals surface area contributed by atoms with E-state index < -0.39 is 10.0 Å². The van der Waals surface area contributed by atoms with Gasteiger partial charge in [-0.15, -0.1) is 11.3 Å². The van der Waals surface area contributed by atoms with Crippen molar-refractivity contribution in [3.63, 3.8) is 0 Å². The average Bonchev–Trinajstić information content (AvgIpc) is 3.31. The Morgan fingerprint density at radius 2 is 1.76 bits per heavy atom. The standard InChI is InChI=1S/C27H32N2O3S2/c1-20(2)13-16-28(34(31,32)22-10-5-4-6-11-22)19-26(30)29-17-14-25-24(15-18-33-25)27(29)23-12-8-7-9-21(23)3/h4-12,15,18,20,27H,13-14,16-17,19H2,1-3H3. The van der Waals surface area contributed by atoms with E-state index in [2.05, 4.69) is 44.4 Å². The zero-order valence-electron chi connectivity index (χ0n) is 20.0. The van der Waals surface area contributed by atoms with Crippen LogP contribution in [0, 0.1) is 12.8 Å². The fourth-order valence-corrected chi connectivity index (χ4v) is 6.81. The molecule has 1 amide bonds. The molecule has 0 N–H and O–H groups in total.